The van der Waals surface area contributed by atoms with Gasteiger partial charge in [-0.1, -0.05) is 60.7 Å². The molecule has 0 saturated carbocycles. The maximum Gasteiger partial charge on any atom is 0.251 e. The van der Waals surface area contributed by atoms with Crippen LogP contribution in [0, 0.1) is 0 Å². The van der Waals surface area contributed by atoms with Gasteiger partial charge in [0.25, 0.3) is 5.91 Å². The van der Waals surface area contributed by atoms with Crippen LogP contribution in [0.3, 0.4) is 0 Å². The second-order valence-corrected chi connectivity index (χ2v) is 8.46. The van der Waals surface area contributed by atoms with Crippen molar-refractivity contribution in [3.63, 3.8) is 0 Å². The molecule has 0 spiro atoms. The van der Waals surface area contributed by atoms with Crippen LogP contribution in [-0.4, -0.2) is 22.7 Å². The Morgan fingerprint density at radius 3 is 2.08 bits per heavy atom. The Morgan fingerprint density at radius 1 is 0.784 bits per heavy atom. The second kappa shape index (κ2) is 11.3. The number of aromatic nitrogens is 2. The maximum absolute atomic E-state index is 11.9. The fourth-order valence-electron chi connectivity index (χ4n) is 4.01. The lowest BCUT2D eigenvalue weighted by Crippen LogP contribution is -2.17. The van der Waals surface area contributed by atoms with Gasteiger partial charge in [0, 0.05) is 24.2 Å². The molecule has 0 aliphatic rings. The smallest absolute Gasteiger partial charge is 0.251 e. The number of hydrogen-bond acceptors (Lipinski definition) is 4. The number of rotatable bonds is 9. The van der Waals surface area contributed by atoms with Gasteiger partial charge in [0.15, 0.2) is 0 Å². The SMILES string of the molecule is CNC(=O)c1ccc(-n2nccc2-c2ccc(OCc3ccccc3)cc2OCc2ccccc2)cc1. The van der Waals surface area contributed by atoms with Crippen molar-refractivity contribution in [3.8, 4) is 28.4 Å². The quantitative estimate of drug-likeness (QED) is 0.273. The first kappa shape index (κ1) is 23.9. The van der Waals surface area contributed by atoms with Crippen molar-refractivity contribution < 1.29 is 14.3 Å². The molecule has 37 heavy (non-hydrogen) atoms. The van der Waals surface area contributed by atoms with E-state index in [-0.39, 0.29) is 5.91 Å². The summed E-state index contributed by atoms with van der Waals surface area (Å²) in [5, 5.41) is 7.19. The Bertz CT molecular complexity index is 1460. The molecule has 0 bridgehead atoms. The van der Waals surface area contributed by atoms with E-state index in [1.54, 1.807) is 25.4 Å². The normalized spacial score (nSPS) is 10.6. The molecule has 0 unspecified atom stereocenters. The molecular weight excluding hydrogens is 462 g/mol. The molecule has 1 heterocycles. The van der Waals surface area contributed by atoms with Gasteiger partial charge in [-0.3, -0.25) is 4.79 Å². The summed E-state index contributed by atoms with van der Waals surface area (Å²) in [7, 11) is 1.62. The van der Waals surface area contributed by atoms with Gasteiger partial charge in [0.2, 0.25) is 0 Å². The van der Waals surface area contributed by atoms with E-state index in [9.17, 15) is 4.79 Å². The summed E-state index contributed by atoms with van der Waals surface area (Å²) < 4.78 is 14.2. The fourth-order valence-corrected chi connectivity index (χ4v) is 4.01. The molecule has 0 radical (unpaired) electrons. The van der Waals surface area contributed by atoms with Crippen molar-refractivity contribution in [2.75, 3.05) is 7.05 Å². The molecule has 6 nitrogen and oxygen atoms in total. The Labute approximate surface area is 216 Å². The summed E-state index contributed by atoms with van der Waals surface area (Å²) >= 11 is 0. The van der Waals surface area contributed by atoms with Crippen molar-refractivity contribution in [3.05, 3.63) is 132 Å². The van der Waals surface area contributed by atoms with Crippen LogP contribution in [0.1, 0.15) is 21.5 Å². The van der Waals surface area contributed by atoms with Gasteiger partial charge in [0.1, 0.15) is 24.7 Å². The van der Waals surface area contributed by atoms with Gasteiger partial charge in [0.05, 0.1) is 17.6 Å². The summed E-state index contributed by atoms with van der Waals surface area (Å²) in [5.41, 5.74) is 5.35. The maximum atomic E-state index is 11.9. The highest BCUT2D eigenvalue weighted by molar-refractivity contribution is 5.94. The zero-order valence-corrected chi connectivity index (χ0v) is 20.5. The average molecular weight is 490 g/mol. The monoisotopic (exact) mass is 489 g/mol. The Balaban J connectivity index is 1.46. The van der Waals surface area contributed by atoms with Crippen LogP contribution < -0.4 is 14.8 Å². The van der Waals surface area contributed by atoms with Gasteiger partial charge in [-0.05, 0) is 53.6 Å². The van der Waals surface area contributed by atoms with Gasteiger partial charge in [-0.25, -0.2) is 4.68 Å². The van der Waals surface area contributed by atoms with Crippen LogP contribution >= 0.6 is 0 Å². The van der Waals surface area contributed by atoms with Crippen LogP contribution in [-0.2, 0) is 13.2 Å². The van der Waals surface area contributed by atoms with Crippen molar-refractivity contribution in [1.82, 2.24) is 15.1 Å². The van der Waals surface area contributed by atoms with Crippen LogP contribution in [0.4, 0.5) is 0 Å². The highest BCUT2D eigenvalue weighted by Gasteiger charge is 2.15. The number of carbonyl (C=O) groups excluding carboxylic acids is 1. The van der Waals surface area contributed by atoms with E-state index in [2.05, 4.69) is 10.4 Å². The first-order valence-electron chi connectivity index (χ1n) is 12.1. The molecule has 1 amide bonds. The standard InChI is InChI=1S/C31H27N3O3/c1-32-31(35)25-12-14-26(15-13-25)34-29(18-19-33-34)28-17-16-27(36-21-23-8-4-2-5-9-23)20-30(28)37-22-24-10-6-3-7-11-24/h2-20H,21-22H2,1H3,(H,32,35). The summed E-state index contributed by atoms with van der Waals surface area (Å²) in [4.78, 5) is 11.9. The van der Waals surface area contributed by atoms with E-state index in [0.29, 0.717) is 24.5 Å². The molecule has 0 saturated heterocycles. The summed E-state index contributed by atoms with van der Waals surface area (Å²) in [6, 6.07) is 35.2. The first-order chi connectivity index (χ1) is 18.2. The van der Waals surface area contributed by atoms with Crippen molar-refractivity contribution >= 4 is 5.91 Å². The zero-order valence-electron chi connectivity index (χ0n) is 20.5. The minimum atomic E-state index is -0.130. The third-order valence-electron chi connectivity index (χ3n) is 5.96. The number of nitrogens with one attached hydrogen (secondary N) is 1. The third kappa shape index (κ3) is 5.70. The Kier molecular flexibility index (Phi) is 7.27. The van der Waals surface area contributed by atoms with Gasteiger partial charge >= 0.3 is 0 Å². The van der Waals surface area contributed by atoms with Crippen molar-refractivity contribution in [2.24, 2.45) is 0 Å². The number of nitrogens with zero attached hydrogens (tertiary/aromatic N) is 2. The predicted octanol–water partition coefficient (Wildman–Crippen LogP) is 6.06. The average Bonchev–Trinajstić information content (AvgIpc) is 3.45. The minimum absolute atomic E-state index is 0.130. The van der Waals surface area contributed by atoms with E-state index in [4.69, 9.17) is 9.47 Å². The van der Waals surface area contributed by atoms with Gasteiger partial charge < -0.3 is 14.8 Å². The molecule has 0 aliphatic heterocycles. The molecular formula is C31H27N3O3. The largest absolute Gasteiger partial charge is 0.489 e. The third-order valence-corrected chi connectivity index (χ3v) is 5.96. The topological polar surface area (TPSA) is 65.4 Å². The molecule has 6 heteroatoms. The van der Waals surface area contributed by atoms with Gasteiger partial charge in [-0.15, -0.1) is 0 Å². The zero-order chi connectivity index (χ0) is 25.5. The highest BCUT2D eigenvalue weighted by Crippen LogP contribution is 2.35. The number of ether oxygens (including phenoxy) is 2. The number of hydrogen-bond donors (Lipinski definition) is 1. The second-order valence-electron chi connectivity index (χ2n) is 8.46. The Hall–Kier alpha value is -4.84. The molecule has 1 aromatic heterocycles. The van der Waals surface area contributed by atoms with E-state index >= 15 is 0 Å². The lowest BCUT2D eigenvalue weighted by molar-refractivity contribution is 0.0963. The van der Waals surface area contributed by atoms with Gasteiger partial charge in [-0.2, -0.15) is 5.10 Å². The molecule has 5 aromatic rings. The predicted molar refractivity (Wildman–Crippen MR) is 144 cm³/mol. The summed E-state index contributed by atoms with van der Waals surface area (Å²) in [5.74, 6) is 1.28. The highest BCUT2D eigenvalue weighted by atomic mass is 16.5. The summed E-state index contributed by atoms with van der Waals surface area (Å²) in [6.07, 6.45) is 1.75. The van der Waals surface area contributed by atoms with E-state index in [1.807, 2.05) is 102 Å². The number of amides is 1. The van der Waals surface area contributed by atoms with Crippen molar-refractivity contribution in [1.29, 1.82) is 0 Å². The molecule has 5 rings (SSSR count). The lowest BCUT2D eigenvalue weighted by Gasteiger charge is -2.16. The molecule has 4 aromatic carbocycles. The number of benzene rings is 4. The lowest BCUT2D eigenvalue weighted by atomic mass is 10.1. The van der Waals surface area contributed by atoms with E-state index in [0.717, 1.165) is 33.8 Å². The van der Waals surface area contributed by atoms with Crippen LogP contribution in [0.5, 0.6) is 11.5 Å². The minimum Gasteiger partial charge on any atom is -0.489 e. The molecule has 184 valence electrons. The molecule has 0 aliphatic carbocycles. The molecule has 0 fully saturated rings. The Morgan fingerprint density at radius 2 is 1.43 bits per heavy atom. The molecule has 1 N–H and O–H groups in total. The first-order valence-corrected chi connectivity index (χ1v) is 12.1. The fraction of sp³-hybridized carbons (Fsp3) is 0.0968. The summed E-state index contributed by atoms with van der Waals surface area (Å²) in [6.45, 7) is 0.888. The number of carbonyl (C=O) groups is 1. The van der Waals surface area contributed by atoms with E-state index in [1.165, 1.54) is 0 Å². The van der Waals surface area contributed by atoms with E-state index < -0.39 is 0 Å². The van der Waals surface area contributed by atoms with Crippen LogP contribution in [0.15, 0.2) is 115 Å². The molecule has 0 atom stereocenters. The van der Waals surface area contributed by atoms with Crippen LogP contribution in [0.2, 0.25) is 0 Å². The van der Waals surface area contributed by atoms with Crippen LogP contribution in [0.25, 0.3) is 16.9 Å². The van der Waals surface area contributed by atoms with Crippen molar-refractivity contribution in [2.45, 2.75) is 13.2 Å².